The molecule has 0 saturated carbocycles. The summed E-state index contributed by atoms with van der Waals surface area (Å²) in [4.78, 5) is 35.6. The van der Waals surface area contributed by atoms with Gasteiger partial charge in [0.2, 0.25) is 0 Å². The molecule has 2 amide bonds. The second-order valence-electron chi connectivity index (χ2n) is 9.19. The van der Waals surface area contributed by atoms with E-state index in [1.54, 1.807) is 57.4 Å². The third-order valence-electron chi connectivity index (χ3n) is 6.49. The minimum atomic E-state index is -0.519. The van der Waals surface area contributed by atoms with Crippen molar-refractivity contribution in [2.24, 2.45) is 5.84 Å². The molecule has 3 aromatic carbocycles. The van der Waals surface area contributed by atoms with Crippen molar-refractivity contribution in [3.05, 3.63) is 76.3 Å². The van der Waals surface area contributed by atoms with E-state index in [1.807, 2.05) is 12.1 Å². The van der Waals surface area contributed by atoms with E-state index in [0.29, 0.717) is 66.1 Å². The molecule has 2 heterocycles. The Kier molecular flexibility index (Phi) is 10.1. The zero-order valence-electron chi connectivity index (χ0n) is 23.6. The van der Waals surface area contributed by atoms with Crippen molar-refractivity contribution in [3.63, 3.8) is 0 Å². The maximum Gasteiger partial charge on any atom is 0.325 e. The Morgan fingerprint density at radius 2 is 1.29 bits per heavy atom. The van der Waals surface area contributed by atoms with E-state index < -0.39 is 5.97 Å². The van der Waals surface area contributed by atoms with Gasteiger partial charge in [-0.25, -0.2) is 5.84 Å². The van der Waals surface area contributed by atoms with Gasteiger partial charge in [-0.2, -0.15) is 0 Å². The molecule has 0 atom stereocenters. The number of esters is 1. The molecule has 0 fully saturated rings. The summed E-state index contributed by atoms with van der Waals surface area (Å²) >= 11 is 0. The van der Waals surface area contributed by atoms with Crippen LogP contribution in [0.5, 0.6) is 28.7 Å². The first-order chi connectivity index (χ1) is 20.3. The Morgan fingerprint density at radius 3 is 1.81 bits per heavy atom. The van der Waals surface area contributed by atoms with Gasteiger partial charge in [0.15, 0.2) is 23.0 Å². The SMILES string of the molecule is COc1ccc(COC(=O)CNC(=O)c2ccc3c(c2C)OCCO3)cc1.Cc1c(C(=O)NN)ccc2c1OCCO2. The number of fused-ring (bicyclic) bond motifs is 2. The number of ether oxygens (including phenoxy) is 6. The zero-order valence-corrected chi connectivity index (χ0v) is 23.6. The fourth-order valence-electron chi connectivity index (χ4n) is 4.26. The quantitative estimate of drug-likeness (QED) is 0.165. The molecule has 0 aromatic heterocycles. The van der Waals surface area contributed by atoms with Gasteiger partial charge in [-0.15, -0.1) is 0 Å². The van der Waals surface area contributed by atoms with Gasteiger partial charge >= 0.3 is 5.97 Å². The van der Waals surface area contributed by atoms with E-state index in [0.717, 1.165) is 16.9 Å². The molecule has 4 N–H and O–H groups in total. The van der Waals surface area contributed by atoms with E-state index in [9.17, 15) is 14.4 Å². The number of amides is 2. The molecular weight excluding hydrogens is 546 g/mol. The summed E-state index contributed by atoms with van der Waals surface area (Å²) < 4.78 is 32.1. The Bertz CT molecular complexity index is 1440. The van der Waals surface area contributed by atoms with Crippen LogP contribution in [0.4, 0.5) is 0 Å². The second-order valence-corrected chi connectivity index (χ2v) is 9.19. The number of rotatable bonds is 7. The Hall–Kier alpha value is -4.97. The van der Waals surface area contributed by atoms with E-state index in [4.69, 9.17) is 34.3 Å². The number of nitrogen functional groups attached to an aromatic ring is 1. The molecule has 12 heteroatoms. The first-order valence-corrected chi connectivity index (χ1v) is 13.2. The number of carbonyl (C=O) groups is 3. The summed E-state index contributed by atoms with van der Waals surface area (Å²) in [5, 5.41) is 2.57. The predicted octanol–water partition coefficient (Wildman–Crippen LogP) is 2.62. The minimum absolute atomic E-state index is 0.127. The first-order valence-electron chi connectivity index (χ1n) is 13.2. The molecule has 0 spiro atoms. The van der Waals surface area contributed by atoms with Crippen molar-refractivity contribution in [1.29, 1.82) is 0 Å². The van der Waals surface area contributed by atoms with Gasteiger partial charge in [0.1, 0.15) is 45.3 Å². The molecule has 222 valence electrons. The highest BCUT2D eigenvalue weighted by molar-refractivity contribution is 5.98. The molecule has 0 unspecified atom stereocenters. The summed E-state index contributed by atoms with van der Waals surface area (Å²) in [6.07, 6.45) is 0. The number of nitrogens with two attached hydrogens (primary N) is 1. The average Bonchev–Trinajstić information content (AvgIpc) is 3.03. The van der Waals surface area contributed by atoms with Crippen molar-refractivity contribution >= 4 is 17.8 Å². The van der Waals surface area contributed by atoms with Crippen molar-refractivity contribution < 1.29 is 42.8 Å². The molecule has 0 bridgehead atoms. The summed E-state index contributed by atoms with van der Waals surface area (Å²) in [5.41, 5.74) is 5.28. The van der Waals surface area contributed by atoms with Gasteiger partial charge in [0.25, 0.3) is 11.8 Å². The number of benzene rings is 3. The van der Waals surface area contributed by atoms with Crippen LogP contribution in [0.2, 0.25) is 0 Å². The molecule has 12 nitrogen and oxygen atoms in total. The lowest BCUT2D eigenvalue weighted by molar-refractivity contribution is -0.143. The number of hydrogen-bond donors (Lipinski definition) is 3. The molecule has 3 aromatic rings. The largest absolute Gasteiger partial charge is 0.497 e. The molecule has 2 aliphatic heterocycles. The van der Waals surface area contributed by atoms with Gasteiger partial charge in [0.05, 0.1) is 7.11 Å². The molecule has 2 aliphatic rings. The topological polar surface area (TPSA) is 157 Å². The standard InChI is InChI=1S/C20H21NO6.C10H12N2O3/c1-13-16(7-8-17-19(13)26-10-9-25-17)20(23)21-11-18(22)27-12-14-3-5-15(24-2)6-4-14;1-6-7(10(13)12-11)2-3-8-9(6)15-5-4-14-8/h3-8H,9-12H2,1-2H3,(H,21,23);2-3H,4-5,11H2,1H3,(H,12,13). The molecule has 0 radical (unpaired) electrons. The summed E-state index contributed by atoms with van der Waals surface area (Å²) in [5.74, 6) is 7.07. The van der Waals surface area contributed by atoms with Crippen LogP contribution < -0.4 is 40.3 Å². The fourth-order valence-corrected chi connectivity index (χ4v) is 4.26. The highest BCUT2D eigenvalue weighted by Gasteiger charge is 2.21. The zero-order chi connectivity index (χ0) is 30.1. The lowest BCUT2D eigenvalue weighted by Gasteiger charge is -2.21. The van der Waals surface area contributed by atoms with E-state index in [2.05, 4.69) is 10.7 Å². The highest BCUT2D eigenvalue weighted by Crippen LogP contribution is 2.36. The van der Waals surface area contributed by atoms with Gasteiger partial charge < -0.3 is 33.7 Å². The lowest BCUT2D eigenvalue weighted by atomic mass is 10.1. The number of hydrazine groups is 1. The molecule has 42 heavy (non-hydrogen) atoms. The second kappa shape index (κ2) is 14.1. The fraction of sp³-hybridized carbons (Fsp3) is 0.300. The van der Waals surface area contributed by atoms with Crippen LogP contribution in [0.3, 0.4) is 0 Å². The van der Waals surface area contributed by atoms with Crippen molar-refractivity contribution in [2.45, 2.75) is 20.5 Å². The number of hydrogen-bond acceptors (Lipinski definition) is 10. The number of carbonyl (C=O) groups excluding carboxylic acids is 3. The third-order valence-corrected chi connectivity index (χ3v) is 6.49. The Balaban J connectivity index is 0.000000227. The van der Waals surface area contributed by atoms with E-state index >= 15 is 0 Å². The average molecular weight is 580 g/mol. The van der Waals surface area contributed by atoms with Crippen LogP contribution in [0, 0.1) is 13.8 Å². The first kappa shape index (κ1) is 30.0. The molecule has 5 rings (SSSR count). The minimum Gasteiger partial charge on any atom is -0.497 e. The van der Waals surface area contributed by atoms with Crippen LogP contribution in [-0.4, -0.2) is 57.9 Å². The van der Waals surface area contributed by atoms with Crippen LogP contribution in [0.25, 0.3) is 0 Å². The van der Waals surface area contributed by atoms with Gasteiger partial charge in [-0.3, -0.25) is 19.8 Å². The number of nitrogens with one attached hydrogen (secondary N) is 2. The number of methoxy groups -OCH3 is 1. The lowest BCUT2D eigenvalue weighted by Crippen LogP contribution is -2.31. The summed E-state index contributed by atoms with van der Waals surface area (Å²) in [7, 11) is 1.58. The Morgan fingerprint density at radius 1 is 0.762 bits per heavy atom. The highest BCUT2D eigenvalue weighted by atomic mass is 16.6. The van der Waals surface area contributed by atoms with Crippen molar-refractivity contribution in [2.75, 3.05) is 40.1 Å². The van der Waals surface area contributed by atoms with Crippen LogP contribution in [0.15, 0.2) is 48.5 Å². The van der Waals surface area contributed by atoms with Crippen molar-refractivity contribution in [3.8, 4) is 28.7 Å². The monoisotopic (exact) mass is 579 g/mol. The van der Waals surface area contributed by atoms with Gasteiger partial charge in [-0.1, -0.05) is 12.1 Å². The van der Waals surface area contributed by atoms with Gasteiger partial charge in [-0.05, 0) is 55.8 Å². The van der Waals surface area contributed by atoms with Crippen LogP contribution in [0.1, 0.15) is 37.4 Å². The molecule has 0 saturated heterocycles. The smallest absolute Gasteiger partial charge is 0.325 e. The molecular formula is C30H33N3O9. The normalized spacial score (nSPS) is 12.7. The van der Waals surface area contributed by atoms with E-state index in [1.165, 1.54) is 0 Å². The Labute approximate surface area is 242 Å². The van der Waals surface area contributed by atoms with Crippen molar-refractivity contribution in [1.82, 2.24) is 10.7 Å². The maximum absolute atomic E-state index is 12.4. The summed E-state index contributed by atoms with van der Waals surface area (Å²) in [6.45, 7) is 5.46. The predicted molar refractivity (Wildman–Crippen MR) is 151 cm³/mol. The molecule has 0 aliphatic carbocycles. The van der Waals surface area contributed by atoms with Crippen LogP contribution in [-0.2, 0) is 16.1 Å². The van der Waals surface area contributed by atoms with Crippen LogP contribution >= 0.6 is 0 Å². The van der Waals surface area contributed by atoms with Gasteiger partial charge in [0, 0.05) is 22.3 Å². The van der Waals surface area contributed by atoms with E-state index in [-0.39, 0.29) is 25.0 Å². The third kappa shape index (κ3) is 7.21. The maximum atomic E-state index is 12.4. The summed E-state index contributed by atoms with van der Waals surface area (Å²) in [6, 6.07) is 13.9.